The van der Waals surface area contributed by atoms with E-state index in [9.17, 15) is 0 Å². The minimum absolute atomic E-state index is 0.254. The number of hydrogen-bond acceptors (Lipinski definition) is 4. The van der Waals surface area contributed by atoms with Crippen LogP contribution in [0.5, 0.6) is 23.0 Å². The van der Waals surface area contributed by atoms with Crippen LogP contribution >= 0.6 is 0 Å². The molecule has 4 nitrogen and oxygen atoms in total. The molecule has 2 aliphatic carbocycles. The Hall–Kier alpha value is -8.54. The Balaban J connectivity index is 1.08. The number of anilines is 5. The van der Waals surface area contributed by atoms with Gasteiger partial charge in [-0.3, -0.25) is 0 Å². The van der Waals surface area contributed by atoms with E-state index in [2.05, 4.69) is 212 Å². The van der Waals surface area contributed by atoms with Crippen molar-refractivity contribution >= 4 is 46.2 Å². The number of benzene rings is 10. The molecule has 0 unspecified atom stereocenters. The number of hydrogen-bond donors (Lipinski definition) is 0. The number of fused-ring (bicyclic) bond motifs is 19. The van der Waals surface area contributed by atoms with E-state index < -0.39 is 5.41 Å². The molecule has 0 fully saturated rings. The molecule has 0 aromatic heterocycles. The van der Waals surface area contributed by atoms with E-state index in [0.29, 0.717) is 17.2 Å². The van der Waals surface area contributed by atoms with Crippen LogP contribution in [0.25, 0.3) is 44.5 Å². The van der Waals surface area contributed by atoms with Gasteiger partial charge in [-0.1, -0.05) is 185 Å². The van der Waals surface area contributed by atoms with Crippen molar-refractivity contribution in [1.82, 2.24) is 0 Å². The van der Waals surface area contributed by atoms with Crippen LogP contribution in [0.1, 0.15) is 72.6 Å². The van der Waals surface area contributed by atoms with Gasteiger partial charge in [-0.2, -0.15) is 0 Å². The monoisotopic (exact) mass is 936 g/mol. The van der Waals surface area contributed by atoms with Crippen LogP contribution < -0.4 is 30.1 Å². The van der Waals surface area contributed by atoms with Crippen molar-refractivity contribution in [2.75, 3.05) is 9.71 Å². The quantitative estimate of drug-likeness (QED) is 0.161. The van der Waals surface area contributed by atoms with Crippen LogP contribution in [0.15, 0.2) is 206 Å². The SMILES string of the molecule is CCCCc1ccc(N2c3cc4c(cc3B3c5c2cc2c(c5-c5cccc6c5N3c3ccccc3C63c5ccccc5-c5ccccc53)C(C)(C)c3ccccc3-2)Oc2ccccc2O4)c(-c2ccccc2)c1. The first-order chi connectivity index (χ1) is 35.9. The third-order valence-corrected chi connectivity index (χ3v) is 17.2. The molecule has 0 saturated heterocycles. The van der Waals surface area contributed by atoms with E-state index in [1.54, 1.807) is 0 Å². The Kier molecular flexibility index (Phi) is 8.32. The molecule has 10 aromatic carbocycles. The molecule has 73 heavy (non-hydrogen) atoms. The molecule has 4 aliphatic heterocycles. The van der Waals surface area contributed by atoms with E-state index in [4.69, 9.17) is 9.47 Å². The number of rotatable bonds is 5. The summed E-state index contributed by atoms with van der Waals surface area (Å²) in [5.41, 5.74) is 27.0. The molecule has 1 spiro atoms. The second kappa shape index (κ2) is 14.8. The number of nitrogens with zero attached hydrogens (tertiary/aromatic N) is 2. The van der Waals surface area contributed by atoms with Gasteiger partial charge < -0.3 is 19.2 Å². The highest BCUT2D eigenvalue weighted by atomic mass is 16.6. The van der Waals surface area contributed by atoms with Crippen molar-refractivity contribution in [2.24, 2.45) is 0 Å². The van der Waals surface area contributed by atoms with Crippen LogP contribution in [0, 0.1) is 0 Å². The van der Waals surface area contributed by atoms with Gasteiger partial charge in [-0.15, -0.1) is 0 Å². The summed E-state index contributed by atoms with van der Waals surface area (Å²) in [7, 11) is 0. The molecule has 0 atom stereocenters. The van der Waals surface area contributed by atoms with E-state index in [1.165, 1.54) is 106 Å². The summed E-state index contributed by atoms with van der Waals surface area (Å²) in [6.07, 6.45) is 3.30. The van der Waals surface area contributed by atoms with Crippen molar-refractivity contribution in [3.63, 3.8) is 0 Å². The van der Waals surface area contributed by atoms with Gasteiger partial charge in [0.05, 0.1) is 11.1 Å². The second-order valence-electron chi connectivity index (χ2n) is 21.3. The highest BCUT2D eigenvalue weighted by Crippen LogP contribution is 2.67. The zero-order valence-electron chi connectivity index (χ0n) is 41.0. The van der Waals surface area contributed by atoms with E-state index >= 15 is 0 Å². The van der Waals surface area contributed by atoms with Crippen LogP contribution in [0.2, 0.25) is 0 Å². The van der Waals surface area contributed by atoms with Crippen LogP contribution in [-0.2, 0) is 17.3 Å². The fourth-order valence-corrected chi connectivity index (χ4v) is 14.3. The zero-order valence-corrected chi connectivity index (χ0v) is 41.0. The molecule has 0 radical (unpaired) electrons. The largest absolute Gasteiger partial charge is 0.450 e. The lowest BCUT2D eigenvalue weighted by Gasteiger charge is -2.53. The first-order valence-electron chi connectivity index (χ1n) is 26.1. The van der Waals surface area contributed by atoms with E-state index in [-0.39, 0.29) is 12.3 Å². The predicted molar refractivity (Wildman–Crippen MR) is 299 cm³/mol. The molecule has 10 aromatic rings. The Labute approximate surface area is 426 Å². The van der Waals surface area contributed by atoms with Crippen molar-refractivity contribution in [2.45, 2.75) is 50.9 Å². The first-order valence-corrected chi connectivity index (χ1v) is 26.1. The summed E-state index contributed by atoms with van der Waals surface area (Å²) >= 11 is 0. The first kappa shape index (κ1) is 41.1. The van der Waals surface area contributed by atoms with Gasteiger partial charge in [0.2, 0.25) is 0 Å². The Morgan fingerprint density at radius 1 is 0.452 bits per heavy atom. The summed E-state index contributed by atoms with van der Waals surface area (Å²) in [5, 5.41) is 0. The highest BCUT2D eigenvalue weighted by molar-refractivity contribution is 6.94. The highest BCUT2D eigenvalue weighted by Gasteiger charge is 2.58. The number of unbranched alkanes of at least 4 members (excludes halogenated alkanes) is 1. The molecular weight excluding hydrogens is 888 g/mol. The van der Waals surface area contributed by atoms with Crippen LogP contribution in [0.4, 0.5) is 28.4 Å². The fourth-order valence-electron chi connectivity index (χ4n) is 14.3. The number of aryl methyl sites for hydroxylation is 1. The molecule has 6 aliphatic rings. The summed E-state index contributed by atoms with van der Waals surface area (Å²) < 4.78 is 13.9. The smallest absolute Gasteiger partial charge is 0.333 e. The topological polar surface area (TPSA) is 24.9 Å². The average Bonchev–Trinajstić information content (AvgIpc) is 3.87. The molecular formula is C68H49BN2O2. The molecule has 0 bridgehead atoms. The van der Waals surface area contributed by atoms with Crippen molar-refractivity contribution < 1.29 is 9.47 Å². The Bertz CT molecular complexity index is 4000. The maximum atomic E-state index is 6.95. The minimum atomic E-state index is -0.563. The Morgan fingerprint density at radius 2 is 1.05 bits per heavy atom. The molecule has 0 amide bonds. The van der Waals surface area contributed by atoms with Crippen molar-refractivity contribution in [3.05, 3.63) is 245 Å². The average molecular weight is 937 g/mol. The fraction of sp³-hybridized carbons (Fsp3) is 0.118. The maximum absolute atomic E-state index is 6.95. The third kappa shape index (κ3) is 5.26. The van der Waals surface area contributed by atoms with Crippen LogP contribution in [0.3, 0.4) is 0 Å². The normalized spacial score (nSPS) is 15.3. The van der Waals surface area contributed by atoms with Crippen molar-refractivity contribution in [1.29, 1.82) is 0 Å². The van der Waals surface area contributed by atoms with Gasteiger partial charge in [0.25, 0.3) is 0 Å². The standard InChI is InChI=1S/C68H49BN2O2/c1-4-5-20-41-35-36-55(47(37-41)42-21-7-6-8-22-42)70-57-40-62-61(72-59-33-17-18-34-60(59)73-62)39-54(57)69-65-58(70)38-48-45-25-9-12-27-49(45)67(2,3)64(48)63(65)46-26-19-31-53-66(46)71(69)56-32-16-15-30-52(56)68(53)50-28-13-10-23-43(50)44-24-11-14-29-51(44)68/h6-19,21-40H,4-5,20H2,1-3H3. The van der Waals surface area contributed by atoms with Gasteiger partial charge in [-0.25, -0.2) is 0 Å². The molecule has 4 heterocycles. The van der Waals surface area contributed by atoms with Gasteiger partial charge in [0.15, 0.2) is 23.0 Å². The van der Waals surface area contributed by atoms with Crippen molar-refractivity contribution in [3.8, 4) is 67.5 Å². The summed E-state index contributed by atoms with van der Waals surface area (Å²) in [4.78, 5) is 5.32. The minimum Gasteiger partial charge on any atom is -0.450 e. The lowest BCUT2D eigenvalue weighted by Crippen LogP contribution is -2.63. The summed E-state index contributed by atoms with van der Waals surface area (Å²) in [6, 6.07) is 77.4. The van der Waals surface area contributed by atoms with E-state index in [1.807, 2.05) is 24.3 Å². The number of ether oxygens (including phenoxy) is 2. The summed E-state index contributed by atoms with van der Waals surface area (Å²) in [5.74, 6) is 2.85. The van der Waals surface area contributed by atoms with Gasteiger partial charge >= 0.3 is 6.85 Å². The van der Waals surface area contributed by atoms with E-state index in [0.717, 1.165) is 41.8 Å². The molecule has 0 N–H and O–H groups in total. The number of para-hydroxylation sites is 4. The summed E-state index contributed by atoms with van der Waals surface area (Å²) in [6.45, 7) is 6.93. The lowest BCUT2D eigenvalue weighted by molar-refractivity contribution is 0.360. The van der Waals surface area contributed by atoms with Gasteiger partial charge in [0, 0.05) is 45.4 Å². The van der Waals surface area contributed by atoms with Crippen LogP contribution in [-0.4, -0.2) is 6.85 Å². The maximum Gasteiger partial charge on any atom is 0.333 e. The van der Waals surface area contributed by atoms with Gasteiger partial charge in [-0.05, 0) is 139 Å². The molecule has 16 rings (SSSR count). The molecule has 0 saturated carbocycles. The third-order valence-electron chi connectivity index (χ3n) is 17.2. The Morgan fingerprint density at radius 3 is 1.78 bits per heavy atom. The lowest BCUT2D eigenvalue weighted by atomic mass is 9.41. The molecule has 5 heteroatoms. The molecule has 346 valence electrons. The second-order valence-corrected chi connectivity index (χ2v) is 21.3. The van der Waals surface area contributed by atoms with Gasteiger partial charge in [0.1, 0.15) is 0 Å². The zero-order chi connectivity index (χ0) is 48.3. The predicted octanol–water partition coefficient (Wildman–Crippen LogP) is 16.3.